The van der Waals surface area contributed by atoms with Crippen LogP contribution in [0, 0.1) is 19.8 Å². The summed E-state index contributed by atoms with van der Waals surface area (Å²) >= 11 is 0. The molecular formula is C13H22N2O3S. The van der Waals surface area contributed by atoms with Crippen molar-refractivity contribution in [3.05, 3.63) is 23.3 Å². The average molecular weight is 286 g/mol. The van der Waals surface area contributed by atoms with Gasteiger partial charge >= 0.3 is 0 Å². The van der Waals surface area contributed by atoms with Gasteiger partial charge in [-0.2, -0.15) is 0 Å². The van der Waals surface area contributed by atoms with Crippen molar-refractivity contribution in [1.29, 1.82) is 0 Å². The molecule has 1 aromatic rings. The largest absolute Gasteiger partial charge is 0.397 e. The number of rotatable bonds is 6. The number of benzene rings is 1. The molecule has 1 atom stereocenters. The monoisotopic (exact) mass is 286 g/mol. The molecule has 6 heteroatoms. The van der Waals surface area contributed by atoms with Crippen LogP contribution < -0.4 is 10.5 Å². The zero-order valence-electron chi connectivity index (χ0n) is 11.6. The number of sulfonamides is 1. The molecule has 1 unspecified atom stereocenters. The topological polar surface area (TPSA) is 92.4 Å². The van der Waals surface area contributed by atoms with E-state index in [4.69, 9.17) is 10.8 Å². The fraction of sp³-hybridized carbons (Fsp3) is 0.538. The Kier molecular flexibility index (Phi) is 5.34. The molecule has 0 saturated carbocycles. The fourth-order valence-corrected chi connectivity index (χ4v) is 3.40. The number of aliphatic hydroxyl groups excluding tert-OH is 1. The van der Waals surface area contributed by atoms with Gasteiger partial charge in [0.2, 0.25) is 10.0 Å². The number of nitrogen functional groups attached to an aromatic ring is 1. The molecule has 0 saturated heterocycles. The van der Waals surface area contributed by atoms with Crippen molar-refractivity contribution in [2.45, 2.75) is 32.1 Å². The molecule has 0 fully saturated rings. The summed E-state index contributed by atoms with van der Waals surface area (Å²) in [6.07, 6.45) is 0.560. The van der Waals surface area contributed by atoms with E-state index in [9.17, 15) is 8.42 Å². The number of aryl methyl sites for hydroxylation is 2. The minimum Gasteiger partial charge on any atom is -0.397 e. The van der Waals surface area contributed by atoms with E-state index < -0.39 is 10.0 Å². The first-order chi connectivity index (χ1) is 8.79. The molecule has 108 valence electrons. The van der Waals surface area contributed by atoms with E-state index in [1.54, 1.807) is 26.0 Å². The van der Waals surface area contributed by atoms with Crippen molar-refractivity contribution in [2.75, 3.05) is 18.9 Å². The van der Waals surface area contributed by atoms with Gasteiger partial charge in [-0.1, -0.05) is 19.1 Å². The van der Waals surface area contributed by atoms with E-state index >= 15 is 0 Å². The molecule has 0 aliphatic rings. The molecule has 0 radical (unpaired) electrons. The first-order valence-electron chi connectivity index (χ1n) is 6.25. The van der Waals surface area contributed by atoms with Gasteiger partial charge in [0, 0.05) is 13.2 Å². The molecule has 0 bridgehead atoms. The highest BCUT2D eigenvalue weighted by atomic mass is 32.2. The summed E-state index contributed by atoms with van der Waals surface area (Å²) in [6, 6.07) is 3.55. The van der Waals surface area contributed by atoms with Crippen molar-refractivity contribution in [3.8, 4) is 0 Å². The minimum atomic E-state index is -3.61. The second kappa shape index (κ2) is 6.36. The number of hydrogen-bond acceptors (Lipinski definition) is 4. The Labute approximate surface area is 114 Å². The Morgan fingerprint density at radius 3 is 2.47 bits per heavy atom. The van der Waals surface area contributed by atoms with Crippen LogP contribution in [0.15, 0.2) is 17.0 Å². The van der Waals surface area contributed by atoms with Crippen LogP contribution in [0.1, 0.15) is 24.5 Å². The molecule has 0 spiro atoms. The van der Waals surface area contributed by atoms with Crippen LogP contribution in [-0.4, -0.2) is 26.7 Å². The molecule has 0 aromatic heterocycles. The van der Waals surface area contributed by atoms with Gasteiger partial charge < -0.3 is 10.8 Å². The van der Waals surface area contributed by atoms with Gasteiger partial charge in [-0.05, 0) is 37.3 Å². The molecule has 5 nitrogen and oxygen atoms in total. The Balaban J connectivity index is 2.98. The second-order valence-corrected chi connectivity index (χ2v) is 6.62. The Bertz CT molecular complexity index is 541. The third kappa shape index (κ3) is 3.92. The lowest BCUT2D eigenvalue weighted by Gasteiger charge is -2.15. The molecule has 4 N–H and O–H groups in total. The lowest BCUT2D eigenvalue weighted by Crippen LogP contribution is -2.30. The highest BCUT2D eigenvalue weighted by molar-refractivity contribution is 7.89. The molecule has 0 aliphatic heterocycles. The molecule has 1 aromatic carbocycles. The summed E-state index contributed by atoms with van der Waals surface area (Å²) in [5.41, 5.74) is 7.54. The van der Waals surface area contributed by atoms with Crippen LogP contribution in [0.25, 0.3) is 0 Å². The Hall–Kier alpha value is -1.11. The average Bonchev–Trinajstić information content (AvgIpc) is 2.32. The molecule has 19 heavy (non-hydrogen) atoms. The maximum absolute atomic E-state index is 12.3. The fourth-order valence-electron chi connectivity index (χ4n) is 1.81. The predicted molar refractivity (Wildman–Crippen MR) is 76.4 cm³/mol. The van der Waals surface area contributed by atoms with Gasteiger partial charge in [-0.25, -0.2) is 13.1 Å². The van der Waals surface area contributed by atoms with Crippen molar-refractivity contribution in [2.24, 2.45) is 5.92 Å². The minimum absolute atomic E-state index is 0.0501. The highest BCUT2D eigenvalue weighted by Gasteiger charge is 2.21. The van der Waals surface area contributed by atoms with Crippen molar-refractivity contribution < 1.29 is 13.5 Å². The van der Waals surface area contributed by atoms with Gasteiger partial charge in [-0.3, -0.25) is 0 Å². The van der Waals surface area contributed by atoms with Crippen LogP contribution in [0.5, 0.6) is 0 Å². The normalized spacial score (nSPS) is 13.5. The van der Waals surface area contributed by atoms with Crippen molar-refractivity contribution >= 4 is 15.7 Å². The van der Waals surface area contributed by atoms with E-state index in [0.717, 1.165) is 5.56 Å². The lowest BCUT2D eigenvalue weighted by molar-refractivity contribution is 0.263. The molecule has 0 heterocycles. The van der Waals surface area contributed by atoms with Gasteiger partial charge in [0.05, 0.1) is 5.69 Å². The summed E-state index contributed by atoms with van der Waals surface area (Å²) in [5, 5.41) is 8.81. The first kappa shape index (κ1) is 15.9. The number of hydrogen-bond donors (Lipinski definition) is 3. The molecule has 0 amide bonds. The molecule has 1 rings (SSSR count). The number of anilines is 1. The van der Waals surface area contributed by atoms with Gasteiger partial charge in [0.15, 0.2) is 0 Å². The van der Waals surface area contributed by atoms with E-state index in [1.165, 1.54) is 0 Å². The maximum atomic E-state index is 12.3. The number of nitrogens with two attached hydrogens (primary N) is 1. The summed E-state index contributed by atoms with van der Waals surface area (Å²) in [4.78, 5) is 0.156. The second-order valence-electron chi connectivity index (χ2n) is 4.91. The summed E-state index contributed by atoms with van der Waals surface area (Å²) in [7, 11) is -3.61. The summed E-state index contributed by atoms with van der Waals surface area (Å²) in [6.45, 7) is 5.72. The number of aliphatic hydroxyl groups is 1. The highest BCUT2D eigenvalue weighted by Crippen LogP contribution is 2.25. The van der Waals surface area contributed by atoms with E-state index in [1.807, 2.05) is 6.92 Å². The third-order valence-corrected chi connectivity index (χ3v) is 4.75. The zero-order chi connectivity index (χ0) is 14.6. The third-order valence-electron chi connectivity index (χ3n) is 3.12. The van der Waals surface area contributed by atoms with Gasteiger partial charge in [0.1, 0.15) is 4.90 Å². The summed E-state index contributed by atoms with van der Waals surface area (Å²) < 4.78 is 27.1. The van der Waals surface area contributed by atoms with Gasteiger partial charge in [0.25, 0.3) is 0 Å². The SMILES string of the molecule is Cc1ccc(C)c(S(=O)(=O)NCC(C)CCO)c1N. The standard InChI is InChI=1S/C13H22N2O3S/c1-9(6-7-16)8-15-19(17,18)13-11(3)5-4-10(2)12(13)14/h4-5,9,15-16H,6-8,14H2,1-3H3. The van der Waals surface area contributed by atoms with Crippen molar-refractivity contribution in [3.63, 3.8) is 0 Å². The van der Waals surface area contributed by atoms with E-state index in [2.05, 4.69) is 4.72 Å². The number of nitrogens with one attached hydrogen (secondary N) is 1. The molecule has 0 aliphatic carbocycles. The quantitative estimate of drug-likeness (QED) is 0.685. The summed E-state index contributed by atoms with van der Waals surface area (Å²) in [5.74, 6) is 0.0751. The first-order valence-corrected chi connectivity index (χ1v) is 7.74. The van der Waals surface area contributed by atoms with Gasteiger partial charge in [-0.15, -0.1) is 0 Å². The van der Waals surface area contributed by atoms with Crippen LogP contribution in [0.2, 0.25) is 0 Å². The Morgan fingerprint density at radius 1 is 1.32 bits per heavy atom. The smallest absolute Gasteiger partial charge is 0.242 e. The van der Waals surface area contributed by atoms with Crippen LogP contribution in [0.4, 0.5) is 5.69 Å². The lowest BCUT2D eigenvalue weighted by atomic mass is 10.1. The molecular weight excluding hydrogens is 264 g/mol. The maximum Gasteiger partial charge on any atom is 0.242 e. The van der Waals surface area contributed by atoms with Crippen LogP contribution in [-0.2, 0) is 10.0 Å². The van der Waals surface area contributed by atoms with Crippen molar-refractivity contribution in [1.82, 2.24) is 4.72 Å². The zero-order valence-corrected chi connectivity index (χ0v) is 12.4. The Morgan fingerprint density at radius 2 is 1.89 bits per heavy atom. The van der Waals surface area contributed by atoms with Crippen LogP contribution >= 0.6 is 0 Å². The van der Waals surface area contributed by atoms with Crippen LogP contribution in [0.3, 0.4) is 0 Å². The van der Waals surface area contributed by atoms with E-state index in [-0.39, 0.29) is 24.0 Å². The predicted octanol–water partition coefficient (Wildman–Crippen LogP) is 1.18. The van der Waals surface area contributed by atoms with E-state index in [0.29, 0.717) is 17.7 Å².